The molecule has 8 heteroatoms. The molecule has 1 heterocycles. The Hall–Kier alpha value is -1.64. The molecule has 7 nitrogen and oxygen atoms in total. The molecule has 2 rings (SSSR count). The number of phenolic OH excluding ortho intramolecular Hbond substituents is 1. The molecular weight excluding hydrogens is 275 g/mol. The van der Waals surface area contributed by atoms with Crippen molar-refractivity contribution >= 4 is 12.8 Å². The lowest BCUT2D eigenvalue weighted by molar-refractivity contribution is -0.385. The second-order valence-electron chi connectivity index (χ2n) is 6.16. The minimum atomic E-state index is -0.709. The predicted molar refractivity (Wildman–Crippen MR) is 77.8 cm³/mol. The van der Waals surface area contributed by atoms with Crippen molar-refractivity contribution in [3.8, 4) is 5.75 Å². The van der Waals surface area contributed by atoms with E-state index < -0.39 is 34.9 Å². The van der Waals surface area contributed by atoms with Gasteiger partial charge in [0.15, 0.2) is 5.75 Å². The summed E-state index contributed by atoms with van der Waals surface area (Å²) in [5, 5.41) is 20.3. The average molecular weight is 294 g/mol. The number of benzene rings is 1. The Bertz CT molecular complexity index is 560. The van der Waals surface area contributed by atoms with Gasteiger partial charge >= 0.3 is 12.8 Å². The summed E-state index contributed by atoms with van der Waals surface area (Å²) in [5.41, 5.74) is 5.13. The van der Waals surface area contributed by atoms with E-state index in [4.69, 9.17) is 15.0 Å². The molecule has 0 amide bonds. The molecule has 0 bridgehead atoms. The van der Waals surface area contributed by atoms with Crippen LogP contribution in [-0.2, 0) is 9.31 Å². The minimum absolute atomic E-state index is 0.389. The van der Waals surface area contributed by atoms with Gasteiger partial charge in [0.25, 0.3) is 0 Å². The van der Waals surface area contributed by atoms with Crippen LogP contribution < -0.4 is 5.73 Å². The summed E-state index contributed by atoms with van der Waals surface area (Å²) in [6.45, 7) is 7.61. The van der Waals surface area contributed by atoms with Crippen LogP contribution in [0.15, 0.2) is 18.2 Å². The zero-order chi connectivity index (χ0) is 16.0. The Kier molecular flexibility index (Phi) is 3.73. The van der Waals surface area contributed by atoms with Crippen molar-refractivity contribution in [2.45, 2.75) is 44.8 Å². The molecule has 3 N–H and O–H groups in total. The van der Waals surface area contributed by atoms with Gasteiger partial charge in [-0.15, -0.1) is 0 Å². The van der Waals surface area contributed by atoms with E-state index in [1.807, 2.05) is 27.7 Å². The summed E-state index contributed by atoms with van der Waals surface area (Å²) in [6.07, 6.45) is 0. The largest absolute Gasteiger partial charge is 0.502 e. The first kappa shape index (κ1) is 15.7. The van der Waals surface area contributed by atoms with Crippen molar-refractivity contribution in [3.63, 3.8) is 0 Å². The molecule has 114 valence electrons. The van der Waals surface area contributed by atoms with E-state index >= 15 is 0 Å². The van der Waals surface area contributed by atoms with Gasteiger partial charge in [-0.05, 0) is 39.3 Å². The van der Waals surface area contributed by atoms with Gasteiger partial charge in [-0.3, -0.25) is 10.1 Å². The smallest absolute Gasteiger partial charge is 0.480 e. The second kappa shape index (κ2) is 4.97. The van der Waals surface area contributed by atoms with Gasteiger partial charge in [0.2, 0.25) is 0 Å². The zero-order valence-corrected chi connectivity index (χ0v) is 12.5. The highest BCUT2D eigenvalue weighted by atomic mass is 16.7. The molecular formula is C13H19BN2O5. The third kappa shape index (κ3) is 2.74. The Morgan fingerprint density at radius 2 is 1.81 bits per heavy atom. The maximum Gasteiger partial charge on any atom is 0.480 e. The van der Waals surface area contributed by atoms with Crippen LogP contribution in [0.4, 0.5) is 5.69 Å². The monoisotopic (exact) mass is 294 g/mol. The van der Waals surface area contributed by atoms with Crippen LogP contribution in [0, 0.1) is 10.1 Å². The van der Waals surface area contributed by atoms with E-state index in [0.717, 1.165) is 0 Å². The summed E-state index contributed by atoms with van der Waals surface area (Å²) in [7, 11) is -0.709. The van der Waals surface area contributed by atoms with Crippen molar-refractivity contribution < 1.29 is 19.3 Å². The van der Waals surface area contributed by atoms with E-state index in [0.29, 0.717) is 5.56 Å². The predicted octanol–water partition coefficient (Wildman–Crippen LogP) is 1.93. The molecule has 1 aliphatic rings. The molecule has 1 aromatic carbocycles. The maximum atomic E-state index is 10.9. The Morgan fingerprint density at radius 1 is 1.29 bits per heavy atom. The number of hydrogen-bond acceptors (Lipinski definition) is 6. The number of phenols is 1. The first-order valence-electron chi connectivity index (χ1n) is 6.64. The van der Waals surface area contributed by atoms with Crippen molar-refractivity contribution in [1.82, 2.24) is 0 Å². The summed E-state index contributed by atoms with van der Waals surface area (Å²) < 4.78 is 11.7. The highest BCUT2D eigenvalue weighted by molar-refractivity contribution is 6.47. The van der Waals surface area contributed by atoms with Gasteiger partial charge in [-0.2, -0.15) is 0 Å². The van der Waals surface area contributed by atoms with Gasteiger partial charge in [-0.25, -0.2) is 0 Å². The van der Waals surface area contributed by atoms with Gasteiger partial charge in [-0.1, -0.05) is 6.07 Å². The molecule has 0 aliphatic carbocycles. The topological polar surface area (TPSA) is 108 Å². The third-order valence-electron chi connectivity index (χ3n) is 4.15. The first-order valence-corrected chi connectivity index (χ1v) is 6.64. The normalized spacial score (nSPS) is 21.3. The van der Waals surface area contributed by atoms with E-state index in [9.17, 15) is 15.2 Å². The van der Waals surface area contributed by atoms with Crippen LogP contribution in [0.1, 0.15) is 39.2 Å². The van der Waals surface area contributed by atoms with Gasteiger partial charge in [0.05, 0.1) is 22.1 Å². The molecule has 21 heavy (non-hydrogen) atoms. The van der Waals surface area contributed by atoms with E-state index in [1.54, 1.807) is 0 Å². The summed E-state index contributed by atoms with van der Waals surface area (Å²) in [6, 6.07) is 4.02. The summed E-state index contributed by atoms with van der Waals surface area (Å²) in [4.78, 5) is 10.2. The molecule has 1 aromatic rings. The highest BCUT2D eigenvalue weighted by Crippen LogP contribution is 2.40. The number of aromatic hydroxyl groups is 1. The molecule has 1 aliphatic heterocycles. The van der Waals surface area contributed by atoms with Gasteiger partial charge in [0.1, 0.15) is 0 Å². The quantitative estimate of drug-likeness (QED) is 0.501. The third-order valence-corrected chi connectivity index (χ3v) is 4.15. The van der Waals surface area contributed by atoms with Crippen molar-refractivity contribution in [3.05, 3.63) is 33.9 Å². The lowest BCUT2D eigenvalue weighted by Gasteiger charge is -2.32. The van der Waals surface area contributed by atoms with Crippen LogP contribution in [0.2, 0.25) is 0 Å². The minimum Gasteiger partial charge on any atom is -0.502 e. The fourth-order valence-corrected chi connectivity index (χ4v) is 2.09. The molecule has 0 saturated carbocycles. The number of nitro groups is 1. The van der Waals surface area contributed by atoms with Crippen LogP contribution in [0.5, 0.6) is 5.75 Å². The SMILES string of the molecule is CC1(C)OB([C@@H](N)c2ccc(O)c([N+](=O)[O-])c2)OC1(C)C. The van der Waals surface area contributed by atoms with Gasteiger partial charge < -0.3 is 20.1 Å². The fourth-order valence-electron chi connectivity index (χ4n) is 2.09. The van der Waals surface area contributed by atoms with Crippen molar-refractivity contribution in [2.24, 2.45) is 5.73 Å². The van der Waals surface area contributed by atoms with Crippen LogP contribution in [-0.4, -0.2) is 28.4 Å². The van der Waals surface area contributed by atoms with Crippen molar-refractivity contribution in [2.75, 3.05) is 0 Å². The zero-order valence-electron chi connectivity index (χ0n) is 12.5. The number of nitro benzene ring substituents is 1. The van der Waals surface area contributed by atoms with Crippen LogP contribution in [0.25, 0.3) is 0 Å². The number of rotatable bonds is 3. The van der Waals surface area contributed by atoms with Gasteiger partial charge in [0, 0.05) is 6.07 Å². The summed E-state index contributed by atoms with van der Waals surface area (Å²) >= 11 is 0. The number of nitrogens with two attached hydrogens (primary N) is 1. The molecule has 1 atom stereocenters. The number of hydrogen-bond donors (Lipinski definition) is 2. The lowest BCUT2D eigenvalue weighted by atomic mass is 9.75. The standard InChI is InChI=1S/C13H19BN2O5/c1-12(2)13(3,4)21-14(20-12)11(15)8-5-6-10(17)9(7-8)16(18)19/h5-7,11,17H,15H2,1-4H3/t11-/m0/s1. The average Bonchev–Trinajstić information content (AvgIpc) is 2.58. The van der Waals surface area contributed by atoms with E-state index in [2.05, 4.69) is 0 Å². The molecule has 0 aromatic heterocycles. The lowest BCUT2D eigenvalue weighted by Crippen LogP contribution is -2.41. The van der Waals surface area contributed by atoms with Crippen molar-refractivity contribution in [1.29, 1.82) is 0 Å². The Balaban J connectivity index is 2.28. The fraction of sp³-hybridized carbons (Fsp3) is 0.538. The molecule has 0 unspecified atom stereocenters. The van der Waals surface area contributed by atoms with E-state index in [1.165, 1.54) is 18.2 Å². The second-order valence-corrected chi connectivity index (χ2v) is 6.16. The van der Waals surface area contributed by atoms with Crippen LogP contribution in [0.3, 0.4) is 0 Å². The highest BCUT2D eigenvalue weighted by Gasteiger charge is 2.53. The number of nitrogens with zero attached hydrogens (tertiary/aromatic N) is 1. The molecule has 1 fully saturated rings. The molecule has 0 radical (unpaired) electrons. The Labute approximate surface area is 123 Å². The first-order chi connectivity index (χ1) is 9.55. The molecule has 1 saturated heterocycles. The van der Waals surface area contributed by atoms with E-state index in [-0.39, 0.29) is 5.69 Å². The maximum absolute atomic E-state index is 10.9. The molecule has 0 spiro atoms. The summed E-state index contributed by atoms with van der Waals surface area (Å²) in [5.74, 6) is -1.09. The Morgan fingerprint density at radius 3 is 2.29 bits per heavy atom. The van der Waals surface area contributed by atoms with Crippen LogP contribution >= 0.6 is 0 Å².